The molecule has 0 aliphatic carbocycles. The molecule has 0 N–H and O–H groups in total. The van der Waals surface area contributed by atoms with Crippen molar-refractivity contribution < 1.29 is 13.2 Å². The van der Waals surface area contributed by atoms with E-state index in [2.05, 4.69) is 15.4 Å². The lowest BCUT2D eigenvalue weighted by atomic mass is 10.1. The third-order valence-electron chi connectivity index (χ3n) is 2.32. The number of rotatable bonds is 3. The van der Waals surface area contributed by atoms with E-state index in [1.165, 1.54) is 16.9 Å². The highest BCUT2D eigenvalue weighted by molar-refractivity contribution is 5.55. The van der Waals surface area contributed by atoms with E-state index in [9.17, 15) is 13.2 Å². The van der Waals surface area contributed by atoms with Crippen LogP contribution in [0, 0.1) is 0 Å². The third-order valence-corrected chi connectivity index (χ3v) is 2.32. The molecule has 0 radical (unpaired) electrons. The number of nitrogens with zero attached hydrogens (tertiary/aromatic N) is 4. The topological polar surface area (TPSA) is 43.6 Å². The van der Waals surface area contributed by atoms with E-state index in [1.54, 1.807) is 0 Å². The van der Waals surface area contributed by atoms with Crippen LogP contribution in [0.25, 0.3) is 11.4 Å². The smallest absolute Gasteiger partial charge is 0.166 e. The summed E-state index contributed by atoms with van der Waals surface area (Å²) in [5.41, 5.74) is -0.404. The van der Waals surface area contributed by atoms with Gasteiger partial charge in [0, 0.05) is 5.56 Å². The number of aryl methyl sites for hydroxylation is 1. The molecule has 0 saturated heterocycles. The molecule has 96 valence electrons. The highest BCUT2D eigenvalue weighted by Gasteiger charge is 2.30. The highest BCUT2D eigenvalue weighted by Crippen LogP contribution is 2.31. The number of hydrogen-bond donors (Lipinski definition) is 0. The van der Waals surface area contributed by atoms with Crippen molar-refractivity contribution in [1.29, 1.82) is 0 Å². The van der Waals surface area contributed by atoms with E-state index in [1.807, 2.05) is 6.92 Å². The first-order valence-corrected chi connectivity index (χ1v) is 5.46. The molecule has 18 heavy (non-hydrogen) atoms. The summed E-state index contributed by atoms with van der Waals surface area (Å²) in [7, 11) is 0. The van der Waals surface area contributed by atoms with Crippen molar-refractivity contribution in [2.24, 2.45) is 0 Å². The molecule has 0 spiro atoms. The Morgan fingerprint density at radius 2 is 2.06 bits per heavy atom. The fourth-order valence-electron chi connectivity index (χ4n) is 1.49. The second-order valence-corrected chi connectivity index (χ2v) is 3.79. The lowest BCUT2D eigenvalue weighted by Gasteiger charge is -2.06. The number of hydrogen-bond acceptors (Lipinski definition) is 3. The zero-order valence-corrected chi connectivity index (χ0v) is 9.65. The zero-order valence-electron chi connectivity index (χ0n) is 9.65. The van der Waals surface area contributed by atoms with Crippen LogP contribution in [0.5, 0.6) is 0 Å². The SMILES string of the molecule is CCCn1nnc(-c2cccc(C(F)(F)F)c2)n1. The first-order chi connectivity index (χ1) is 8.50. The fourth-order valence-corrected chi connectivity index (χ4v) is 1.49. The van der Waals surface area contributed by atoms with E-state index in [4.69, 9.17) is 0 Å². The quantitative estimate of drug-likeness (QED) is 0.848. The number of halogens is 3. The summed E-state index contributed by atoms with van der Waals surface area (Å²) < 4.78 is 37.6. The van der Waals surface area contributed by atoms with E-state index in [-0.39, 0.29) is 5.82 Å². The van der Waals surface area contributed by atoms with Crippen LogP contribution in [0.3, 0.4) is 0 Å². The Balaban J connectivity index is 2.32. The largest absolute Gasteiger partial charge is 0.416 e. The summed E-state index contributed by atoms with van der Waals surface area (Å²) in [6.45, 7) is 2.54. The molecule has 2 rings (SSSR count). The highest BCUT2D eigenvalue weighted by atomic mass is 19.4. The minimum absolute atomic E-state index is 0.203. The van der Waals surface area contributed by atoms with Crippen molar-refractivity contribution in [1.82, 2.24) is 20.2 Å². The Morgan fingerprint density at radius 1 is 1.28 bits per heavy atom. The number of alkyl halides is 3. The van der Waals surface area contributed by atoms with Gasteiger partial charge < -0.3 is 0 Å². The standard InChI is InChI=1S/C11H11F3N4/c1-2-6-18-16-10(15-17-18)8-4-3-5-9(7-8)11(12,13)14/h3-5,7H,2,6H2,1H3. The minimum Gasteiger partial charge on any atom is -0.166 e. The summed E-state index contributed by atoms with van der Waals surface area (Å²) in [4.78, 5) is 1.37. The molecule has 0 fully saturated rings. The Morgan fingerprint density at radius 3 is 2.72 bits per heavy atom. The predicted molar refractivity (Wildman–Crippen MR) is 58.5 cm³/mol. The van der Waals surface area contributed by atoms with Crippen LogP contribution < -0.4 is 0 Å². The predicted octanol–water partition coefficient (Wildman–Crippen LogP) is 2.77. The molecular weight excluding hydrogens is 245 g/mol. The molecule has 0 aliphatic heterocycles. The Kier molecular flexibility index (Phi) is 3.31. The monoisotopic (exact) mass is 256 g/mol. The van der Waals surface area contributed by atoms with Gasteiger partial charge in [0.15, 0.2) is 0 Å². The van der Waals surface area contributed by atoms with Crippen LogP contribution in [-0.4, -0.2) is 20.2 Å². The normalized spacial score (nSPS) is 11.8. The third kappa shape index (κ3) is 2.66. The maximum absolute atomic E-state index is 12.5. The van der Waals surface area contributed by atoms with Gasteiger partial charge >= 0.3 is 6.18 Å². The Labute approximate surface area is 101 Å². The summed E-state index contributed by atoms with van der Waals surface area (Å²) in [6.07, 6.45) is -3.53. The lowest BCUT2D eigenvalue weighted by Crippen LogP contribution is -2.04. The first-order valence-electron chi connectivity index (χ1n) is 5.46. The molecule has 0 unspecified atom stereocenters. The second-order valence-electron chi connectivity index (χ2n) is 3.79. The van der Waals surface area contributed by atoms with Gasteiger partial charge in [-0.15, -0.1) is 10.2 Å². The molecule has 1 aromatic heterocycles. The average molecular weight is 256 g/mol. The van der Waals surface area contributed by atoms with Gasteiger partial charge in [-0.05, 0) is 23.8 Å². The van der Waals surface area contributed by atoms with E-state index < -0.39 is 11.7 Å². The molecule has 4 nitrogen and oxygen atoms in total. The van der Waals surface area contributed by atoms with Crippen molar-refractivity contribution in [3.63, 3.8) is 0 Å². The summed E-state index contributed by atoms with van der Waals surface area (Å²) >= 11 is 0. The molecule has 1 aromatic carbocycles. The number of aromatic nitrogens is 4. The first kappa shape index (κ1) is 12.5. The van der Waals surface area contributed by atoms with Crippen molar-refractivity contribution in [3.05, 3.63) is 29.8 Å². The van der Waals surface area contributed by atoms with Crippen LogP contribution in [0.2, 0.25) is 0 Å². The van der Waals surface area contributed by atoms with Crippen molar-refractivity contribution >= 4 is 0 Å². The molecule has 0 amide bonds. The molecule has 0 bridgehead atoms. The Hall–Kier alpha value is -1.92. The Bertz CT molecular complexity index is 533. The van der Waals surface area contributed by atoms with E-state index in [0.29, 0.717) is 12.1 Å². The second kappa shape index (κ2) is 4.75. The van der Waals surface area contributed by atoms with E-state index in [0.717, 1.165) is 18.6 Å². The van der Waals surface area contributed by atoms with E-state index >= 15 is 0 Å². The maximum atomic E-state index is 12.5. The maximum Gasteiger partial charge on any atom is 0.416 e. The summed E-state index contributed by atoms with van der Waals surface area (Å²) in [6, 6.07) is 4.90. The van der Waals surface area contributed by atoms with Crippen molar-refractivity contribution in [2.75, 3.05) is 0 Å². The number of benzene rings is 1. The van der Waals surface area contributed by atoms with Crippen LogP contribution in [-0.2, 0) is 12.7 Å². The molecule has 0 aliphatic rings. The van der Waals surface area contributed by atoms with Crippen LogP contribution in [0.4, 0.5) is 13.2 Å². The average Bonchev–Trinajstić information content (AvgIpc) is 2.77. The van der Waals surface area contributed by atoms with Gasteiger partial charge in [0.1, 0.15) is 0 Å². The lowest BCUT2D eigenvalue weighted by molar-refractivity contribution is -0.137. The molecule has 0 saturated carbocycles. The van der Waals surface area contributed by atoms with Crippen LogP contribution >= 0.6 is 0 Å². The summed E-state index contributed by atoms with van der Waals surface area (Å²) in [5, 5.41) is 11.5. The van der Waals surface area contributed by atoms with Gasteiger partial charge in [-0.1, -0.05) is 19.1 Å². The van der Waals surface area contributed by atoms with Crippen molar-refractivity contribution in [2.45, 2.75) is 26.1 Å². The van der Waals surface area contributed by atoms with Gasteiger partial charge in [-0.3, -0.25) is 0 Å². The van der Waals surface area contributed by atoms with Gasteiger partial charge in [0.2, 0.25) is 5.82 Å². The van der Waals surface area contributed by atoms with Crippen LogP contribution in [0.1, 0.15) is 18.9 Å². The summed E-state index contributed by atoms with van der Waals surface area (Å²) in [5.74, 6) is 0.203. The molecule has 7 heteroatoms. The van der Waals surface area contributed by atoms with Gasteiger partial charge in [0.25, 0.3) is 0 Å². The van der Waals surface area contributed by atoms with Gasteiger partial charge in [-0.25, -0.2) is 0 Å². The molecule has 1 heterocycles. The fraction of sp³-hybridized carbons (Fsp3) is 0.364. The zero-order chi connectivity index (χ0) is 13.2. The van der Waals surface area contributed by atoms with Crippen LogP contribution in [0.15, 0.2) is 24.3 Å². The molecule has 0 atom stereocenters. The molecular formula is C11H11F3N4. The van der Waals surface area contributed by atoms with Gasteiger partial charge in [-0.2, -0.15) is 18.0 Å². The number of tetrazole rings is 1. The van der Waals surface area contributed by atoms with Gasteiger partial charge in [0.05, 0.1) is 12.1 Å². The molecule has 2 aromatic rings. The minimum atomic E-state index is -4.37. The van der Waals surface area contributed by atoms with Crippen molar-refractivity contribution in [3.8, 4) is 11.4 Å².